The SMILES string of the molecule is CC(C)(C)OC(=O)CC(NC(=O)C(Cc1ccccc1)n1cccc(NC(=O)c2ccccc2)c1=O)C(=O)CF. The number of carbonyl (C=O) groups is 4. The molecule has 0 spiro atoms. The number of ether oxygens (including phenoxy) is 1. The Morgan fingerprint density at radius 3 is 2.15 bits per heavy atom. The van der Waals surface area contributed by atoms with Gasteiger partial charge in [0.25, 0.3) is 11.5 Å². The number of rotatable bonds is 11. The number of esters is 1. The summed E-state index contributed by atoms with van der Waals surface area (Å²) in [6.45, 7) is 3.52. The quantitative estimate of drug-likeness (QED) is 0.352. The highest BCUT2D eigenvalue weighted by atomic mass is 19.1. The molecule has 210 valence electrons. The van der Waals surface area contributed by atoms with Crippen LogP contribution in [-0.2, 0) is 25.5 Å². The normalized spacial score (nSPS) is 12.6. The summed E-state index contributed by atoms with van der Waals surface area (Å²) < 4.78 is 19.7. The van der Waals surface area contributed by atoms with Gasteiger partial charge in [0.1, 0.15) is 30.0 Å². The van der Waals surface area contributed by atoms with Crippen LogP contribution in [-0.4, -0.2) is 46.5 Å². The van der Waals surface area contributed by atoms with Gasteiger partial charge >= 0.3 is 5.97 Å². The number of carbonyl (C=O) groups excluding carboxylic acids is 4. The number of nitrogens with one attached hydrogen (secondary N) is 2. The van der Waals surface area contributed by atoms with Gasteiger partial charge in [-0.05, 0) is 50.6 Å². The molecule has 2 aromatic carbocycles. The van der Waals surface area contributed by atoms with E-state index in [0.717, 1.165) is 4.57 Å². The third-order valence-corrected chi connectivity index (χ3v) is 5.80. The number of hydrogen-bond acceptors (Lipinski definition) is 6. The van der Waals surface area contributed by atoms with Crippen LogP contribution < -0.4 is 16.2 Å². The van der Waals surface area contributed by atoms with Crippen molar-refractivity contribution in [1.29, 1.82) is 0 Å². The Morgan fingerprint density at radius 1 is 0.925 bits per heavy atom. The van der Waals surface area contributed by atoms with E-state index in [2.05, 4.69) is 10.6 Å². The maximum atomic E-state index is 13.6. The summed E-state index contributed by atoms with van der Waals surface area (Å²) in [5.41, 5.74) is -0.534. The fourth-order valence-corrected chi connectivity index (χ4v) is 3.95. The third-order valence-electron chi connectivity index (χ3n) is 5.80. The minimum atomic E-state index is -1.50. The van der Waals surface area contributed by atoms with E-state index in [0.29, 0.717) is 11.1 Å². The zero-order chi connectivity index (χ0) is 29.3. The number of amides is 2. The molecule has 0 fully saturated rings. The largest absolute Gasteiger partial charge is 0.460 e. The molecule has 0 radical (unpaired) electrons. The van der Waals surface area contributed by atoms with Gasteiger partial charge in [0, 0.05) is 18.2 Å². The second-order valence-corrected chi connectivity index (χ2v) is 10.1. The molecular weight excluding hydrogens is 517 g/mol. The smallest absolute Gasteiger partial charge is 0.308 e. The highest BCUT2D eigenvalue weighted by Gasteiger charge is 2.31. The summed E-state index contributed by atoms with van der Waals surface area (Å²) in [6.07, 6.45) is 0.838. The lowest BCUT2D eigenvalue weighted by molar-refractivity contribution is -0.156. The number of anilines is 1. The van der Waals surface area contributed by atoms with E-state index in [1.54, 1.807) is 81.4 Å². The van der Waals surface area contributed by atoms with Crippen molar-refractivity contribution in [3.8, 4) is 0 Å². The molecule has 10 heteroatoms. The highest BCUT2D eigenvalue weighted by Crippen LogP contribution is 2.17. The molecule has 2 atom stereocenters. The third kappa shape index (κ3) is 8.45. The van der Waals surface area contributed by atoms with Gasteiger partial charge in [-0.15, -0.1) is 0 Å². The fraction of sp³-hybridized carbons (Fsp3) is 0.300. The van der Waals surface area contributed by atoms with E-state index < -0.39 is 59.9 Å². The molecule has 40 heavy (non-hydrogen) atoms. The van der Waals surface area contributed by atoms with Crippen LogP contribution in [0.1, 0.15) is 49.2 Å². The van der Waals surface area contributed by atoms with Crippen LogP contribution in [0.2, 0.25) is 0 Å². The molecule has 0 aliphatic heterocycles. The lowest BCUT2D eigenvalue weighted by Crippen LogP contribution is -2.48. The Morgan fingerprint density at radius 2 is 1.55 bits per heavy atom. The first-order chi connectivity index (χ1) is 19.0. The molecule has 0 bridgehead atoms. The molecule has 2 N–H and O–H groups in total. The Kier molecular flexibility index (Phi) is 10.1. The number of alkyl halides is 1. The van der Waals surface area contributed by atoms with Crippen LogP contribution in [0.15, 0.2) is 83.8 Å². The van der Waals surface area contributed by atoms with Gasteiger partial charge in [-0.25, -0.2) is 4.39 Å². The van der Waals surface area contributed by atoms with Crippen molar-refractivity contribution in [2.45, 2.75) is 51.3 Å². The van der Waals surface area contributed by atoms with Gasteiger partial charge in [-0.1, -0.05) is 48.5 Å². The van der Waals surface area contributed by atoms with Gasteiger partial charge < -0.3 is 19.9 Å². The number of benzene rings is 2. The number of Topliss-reactive ketones (excluding diaryl/α,β-unsaturated/α-hetero) is 1. The van der Waals surface area contributed by atoms with Crippen LogP contribution in [0.3, 0.4) is 0 Å². The molecule has 0 saturated carbocycles. The first-order valence-electron chi connectivity index (χ1n) is 12.7. The first-order valence-corrected chi connectivity index (χ1v) is 12.7. The Bertz CT molecular complexity index is 1400. The van der Waals surface area contributed by atoms with Crippen LogP contribution >= 0.6 is 0 Å². The summed E-state index contributed by atoms with van der Waals surface area (Å²) >= 11 is 0. The summed E-state index contributed by atoms with van der Waals surface area (Å²) in [5, 5.41) is 5.01. The van der Waals surface area contributed by atoms with Gasteiger partial charge in [-0.3, -0.25) is 24.0 Å². The molecule has 3 rings (SSSR count). The summed E-state index contributed by atoms with van der Waals surface area (Å²) in [7, 11) is 0. The van der Waals surface area contributed by atoms with E-state index in [4.69, 9.17) is 4.74 Å². The number of hydrogen-bond donors (Lipinski definition) is 2. The molecule has 2 amide bonds. The van der Waals surface area contributed by atoms with E-state index in [1.165, 1.54) is 18.3 Å². The number of nitrogens with zero attached hydrogens (tertiary/aromatic N) is 1. The van der Waals surface area contributed by atoms with Crippen LogP contribution in [0.25, 0.3) is 0 Å². The van der Waals surface area contributed by atoms with E-state index in [9.17, 15) is 28.4 Å². The molecule has 1 heterocycles. The Balaban J connectivity index is 1.93. The maximum absolute atomic E-state index is 13.6. The van der Waals surface area contributed by atoms with Gasteiger partial charge in [0.15, 0.2) is 5.78 Å². The number of halogens is 1. The van der Waals surface area contributed by atoms with Crippen LogP contribution in [0, 0.1) is 0 Å². The second kappa shape index (κ2) is 13.5. The van der Waals surface area contributed by atoms with Crippen LogP contribution in [0.5, 0.6) is 0 Å². The average molecular weight is 550 g/mol. The lowest BCUT2D eigenvalue weighted by Gasteiger charge is -2.25. The van der Waals surface area contributed by atoms with Crippen molar-refractivity contribution in [1.82, 2.24) is 9.88 Å². The molecule has 0 aliphatic rings. The predicted molar refractivity (Wildman–Crippen MR) is 148 cm³/mol. The van der Waals surface area contributed by atoms with Crippen molar-refractivity contribution >= 4 is 29.3 Å². The molecule has 3 aromatic rings. The van der Waals surface area contributed by atoms with E-state index in [-0.39, 0.29) is 12.1 Å². The molecule has 1 aromatic heterocycles. The van der Waals surface area contributed by atoms with Crippen molar-refractivity contribution in [2.24, 2.45) is 0 Å². The number of aromatic nitrogens is 1. The first kappa shape index (κ1) is 29.9. The summed E-state index contributed by atoms with van der Waals surface area (Å²) in [6, 6.07) is 17.4. The predicted octanol–water partition coefficient (Wildman–Crippen LogP) is 3.64. The Hall–Kier alpha value is -4.60. The van der Waals surface area contributed by atoms with Crippen molar-refractivity contribution < 1.29 is 28.3 Å². The summed E-state index contributed by atoms with van der Waals surface area (Å²) in [5.74, 6) is -3.09. The lowest BCUT2D eigenvalue weighted by atomic mass is 10.0. The molecule has 2 unspecified atom stereocenters. The molecule has 9 nitrogen and oxygen atoms in total. The number of ketones is 1. The van der Waals surface area contributed by atoms with Crippen molar-refractivity contribution in [2.75, 3.05) is 12.0 Å². The highest BCUT2D eigenvalue weighted by molar-refractivity contribution is 6.04. The average Bonchev–Trinajstić information content (AvgIpc) is 2.92. The van der Waals surface area contributed by atoms with Crippen LogP contribution in [0.4, 0.5) is 10.1 Å². The second-order valence-electron chi connectivity index (χ2n) is 10.1. The minimum Gasteiger partial charge on any atom is -0.460 e. The minimum absolute atomic E-state index is 0.0334. The maximum Gasteiger partial charge on any atom is 0.308 e. The topological polar surface area (TPSA) is 124 Å². The molecule has 0 aliphatic carbocycles. The monoisotopic (exact) mass is 549 g/mol. The van der Waals surface area contributed by atoms with Crippen molar-refractivity contribution in [3.63, 3.8) is 0 Å². The summed E-state index contributed by atoms with van der Waals surface area (Å²) in [4.78, 5) is 64.4. The van der Waals surface area contributed by atoms with Gasteiger partial charge in [0.05, 0.1) is 6.42 Å². The zero-order valence-electron chi connectivity index (χ0n) is 22.6. The molecule has 0 saturated heterocycles. The van der Waals surface area contributed by atoms with Crippen molar-refractivity contribution in [3.05, 3.63) is 100 Å². The van der Waals surface area contributed by atoms with E-state index >= 15 is 0 Å². The zero-order valence-corrected chi connectivity index (χ0v) is 22.6. The number of pyridine rings is 1. The standard InChI is InChI=1S/C30H32FN3O6/c1-30(2,3)40-26(36)18-23(25(35)19-31)33-28(38)24(17-20-11-6-4-7-12-20)34-16-10-15-22(29(34)39)32-27(37)21-13-8-5-9-14-21/h4-16,23-24H,17-19H2,1-3H3,(H,32,37)(H,33,38). The van der Waals surface area contributed by atoms with Gasteiger partial charge in [0.2, 0.25) is 5.91 Å². The Labute approximate surface area is 231 Å². The molecular formula is C30H32FN3O6. The fourth-order valence-electron chi connectivity index (χ4n) is 3.95. The van der Waals surface area contributed by atoms with E-state index in [1.807, 2.05) is 0 Å². The van der Waals surface area contributed by atoms with Gasteiger partial charge in [-0.2, -0.15) is 0 Å².